The summed E-state index contributed by atoms with van der Waals surface area (Å²) in [4.78, 5) is 13.2. The average molecular weight is 359 g/mol. The number of nitrogen functional groups attached to an aromatic ring is 1. The molecule has 0 atom stereocenters. The summed E-state index contributed by atoms with van der Waals surface area (Å²) in [6.45, 7) is 4.06. The van der Waals surface area contributed by atoms with E-state index in [1.807, 2.05) is 11.6 Å². The smallest absolute Gasteiger partial charge is 0.191 e. The van der Waals surface area contributed by atoms with Crippen LogP contribution in [0, 0.1) is 11.3 Å². The van der Waals surface area contributed by atoms with Crippen molar-refractivity contribution in [1.82, 2.24) is 20.1 Å². The second-order valence-corrected chi connectivity index (χ2v) is 6.58. The fourth-order valence-corrected chi connectivity index (χ4v) is 3.44. The van der Waals surface area contributed by atoms with E-state index in [1.54, 1.807) is 11.3 Å². The number of nitrogens with two attached hydrogens (primary N) is 2. The number of guanidine groups is 1. The molecule has 10 heteroatoms. The van der Waals surface area contributed by atoms with E-state index < -0.39 is 0 Å². The minimum atomic E-state index is 0.249. The molecule has 3 rings (SSSR count). The van der Waals surface area contributed by atoms with Crippen molar-refractivity contribution in [2.45, 2.75) is 12.8 Å². The molecule has 0 aromatic carbocycles. The van der Waals surface area contributed by atoms with Crippen molar-refractivity contribution in [3.05, 3.63) is 22.8 Å². The largest absolute Gasteiger partial charge is 0.381 e. The van der Waals surface area contributed by atoms with Crippen molar-refractivity contribution < 1.29 is 0 Å². The number of nitrogens with one attached hydrogen (secondary N) is 1. The molecule has 1 fully saturated rings. The monoisotopic (exact) mass is 359 g/mol. The van der Waals surface area contributed by atoms with Gasteiger partial charge in [0.2, 0.25) is 0 Å². The van der Waals surface area contributed by atoms with Crippen LogP contribution in [0.2, 0.25) is 0 Å². The third kappa shape index (κ3) is 4.00. The second kappa shape index (κ2) is 7.85. The second-order valence-electron chi connectivity index (χ2n) is 5.71. The Labute approximate surface area is 150 Å². The fraction of sp³-hybridized carbons (Fsp3) is 0.467. The van der Waals surface area contributed by atoms with Gasteiger partial charge in [-0.3, -0.25) is 10.1 Å². The molecule has 0 unspecified atom stereocenters. The topological polar surface area (TPSA) is 136 Å². The van der Waals surface area contributed by atoms with Gasteiger partial charge in [0.1, 0.15) is 11.6 Å². The zero-order valence-corrected chi connectivity index (χ0v) is 14.7. The number of hydrogen-bond donors (Lipinski definition) is 3. The minimum absolute atomic E-state index is 0.249. The number of hydrogen-bond acceptors (Lipinski definition) is 7. The Bertz CT molecular complexity index is 751. The Morgan fingerprint density at radius 2 is 2.20 bits per heavy atom. The number of aromatic amines is 1. The number of aryl methyl sites for hydroxylation is 1. The summed E-state index contributed by atoms with van der Waals surface area (Å²) in [5.41, 5.74) is 12.9. The van der Waals surface area contributed by atoms with Gasteiger partial charge in [-0.1, -0.05) is 0 Å². The molecule has 1 aliphatic heterocycles. The molecule has 0 bridgehead atoms. The highest BCUT2D eigenvalue weighted by molar-refractivity contribution is 7.13. The highest BCUT2D eigenvalue weighted by atomic mass is 32.1. The molecule has 0 saturated carbocycles. The molecule has 1 aliphatic rings. The van der Waals surface area contributed by atoms with Gasteiger partial charge < -0.3 is 21.3 Å². The Kier molecular flexibility index (Phi) is 5.35. The molecule has 2 aromatic heterocycles. The van der Waals surface area contributed by atoms with Crippen LogP contribution < -0.4 is 16.4 Å². The van der Waals surface area contributed by atoms with Gasteiger partial charge in [-0.05, 0) is 12.8 Å². The van der Waals surface area contributed by atoms with E-state index in [9.17, 15) is 0 Å². The van der Waals surface area contributed by atoms with Crippen molar-refractivity contribution in [2.24, 2.45) is 10.7 Å². The Hall–Kier alpha value is -2.80. The molecule has 25 heavy (non-hydrogen) atoms. The van der Waals surface area contributed by atoms with Crippen molar-refractivity contribution >= 4 is 28.2 Å². The molecule has 0 amide bonds. The van der Waals surface area contributed by atoms with Crippen LogP contribution in [-0.4, -0.2) is 58.8 Å². The van der Waals surface area contributed by atoms with Gasteiger partial charge in [-0.25, -0.2) is 4.98 Å². The predicted octanol–water partition coefficient (Wildman–Crippen LogP) is 0.390. The molecular formula is C15H21N9S. The normalized spacial score (nSPS) is 15.4. The van der Waals surface area contributed by atoms with Gasteiger partial charge in [-0.2, -0.15) is 10.4 Å². The van der Waals surface area contributed by atoms with Crippen molar-refractivity contribution in [3.63, 3.8) is 0 Å². The third-order valence-corrected chi connectivity index (χ3v) is 4.97. The number of aromatic nitrogens is 3. The first kappa shape index (κ1) is 17.0. The molecule has 0 radical (unpaired) electrons. The van der Waals surface area contributed by atoms with Crippen LogP contribution in [0.1, 0.15) is 17.7 Å². The number of piperazine rings is 1. The van der Waals surface area contributed by atoms with Crippen LogP contribution in [0.15, 0.2) is 16.6 Å². The van der Waals surface area contributed by atoms with Gasteiger partial charge in [0.05, 0.1) is 5.69 Å². The van der Waals surface area contributed by atoms with E-state index in [0.29, 0.717) is 24.5 Å². The maximum atomic E-state index is 9.04. The third-order valence-electron chi connectivity index (χ3n) is 4.13. The summed E-state index contributed by atoms with van der Waals surface area (Å²) < 4.78 is 0. The van der Waals surface area contributed by atoms with Crippen molar-refractivity contribution in [2.75, 3.05) is 43.4 Å². The lowest BCUT2D eigenvalue weighted by Crippen LogP contribution is -2.51. The lowest BCUT2D eigenvalue weighted by atomic mass is 10.1. The van der Waals surface area contributed by atoms with Crippen LogP contribution in [0.3, 0.4) is 0 Å². The number of anilines is 2. The summed E-state index contributed by atoms with van der Waals surface area (Å²) in [6.07, 6.45) is 3.27. The summed E-state index contributed by atoms with van der Waals surface area (Å²) in [5.74, 6) is 0.821. The van der Waals surface area contributed by atoms with Gasteiger partial charge in [-0.15, -0.1) is 11.3 Å². The Morgan fingerprint density at radius 1 is 1.40 bits per heavy atom. The van der Waals surface area contributed by atoms with Crippen LogP contribution in [0.25, 0.3) is 0 Å². The van der Waals surface area contributed by atoms with Gasteiger partial charge in [0.25, 0.3) is 0 Å². The maximum Gasteiger partial charge on any atom is 0.191 e. The molecule has 132 valence electrons. The highest BCUT2D eigenvalue weighted by Crippen LogP contribution is 2.18. The molecule has 5 N–H and O–H groups in total. The number of rotatable bonds is 5. The Morgan fingerprint density at radius 3 is 2.88 bits per heavy atom. The van der Waals surface area contributed by atoms with Crippen LogP contribution >= 0.6 is 11.3 Å². The number of H-pyrrole nitrogens is 1. The number of thiazole rings is 1. The van der Waals surface area contributed by atoms with E-state index in [1.165, 1.54) is 0 Å². The molecule has 0 aliphatic carbocycles. The number of aliphatic imine (C=N–C) groups is 1. The summed E-state index contributed by atoms with van der Waals surface area (Å²) in [6, 6.07) is 2.06. The van der Waals surface area contributed by atoms with Crippen molar-refractivity contribution in [1.29, 1.82) is 5.26 Å². The SMILES string of the molecule is N#Cc1c(N)n[nH]c1CCCN=C(N)N1CCN(c2nccs2)CC1. The molecule has 3 heterocycles. The first-order chi connectivity index (χ1) is 12.2. The maximum absolute atomic E-state index is 9.04. The summed E-state index contributed by atoms with van der Waals surface area (Å²) >= 11 is 1.65. The zero-order chi connectivity index (χ0) is 17.6. The van der Waals surface area contributed by atoms with E-state index >= 15 is 0 Å². The lowest BCUT2D eigenvalue weighted by molar-refractivity contribution is 0.380. The lowest BCUT2D eigenvalue weighted by Gasteiger charge is -2.35. The first-order valence-corrected chi connectivity index (χ1v) is 8.99. The summed E-state index contributed by atoms with van der Waals surface area (Å²) in [7, 11) is 0. The van der Waals surface area contributed by atoms with Crippen LogP contribution in [-0.2, 0) is 6.42 Å². The van der Waals surface area contributed by atoms with Crippen LogP contribution in [0.5, 0.6) is 0 Å². The van der Waals surface area contributed by atoms with Crippen LogP contribution in [0.4, 0.5) is 10.9 Å². The quantitative estimate of drug-likeness (QED) is 0.399. The summed E-state index contributed by atoms with van der Waals surface area (Å²) in [5, 5.41) is 18.7. The molecule has 2 aromatic rings. The van der Waals surface area contributed by atoms with Gasteiger partial charge >= 0.3 is 0 Å². The van der Waals surface area contributed by atoms with E-state index in [4.69, 9.17) is 16.7 Å². The van der Waals surface area contributed by atoms with E-state index in [2.05, 4.69) is 36.0 Å². The predicted molar refractivity (Wildman–Crippen MR) is 98.4 cm³/mol. The molecule has 1 saturated heterocycles. The average Bonchev–Trinajstić information content (AvgIpc) is 3.28. The number of nitriles is 1. The van der Waals surface area contributed by atoms with E-state index in [0.717, 1.165) is 43.4 Å². The number of nitrogens with zero attached hydrogens (tertiary/aromatic N) is 6. The van der Waals surface area contributed by atoms with E-state index in [-0.39, 0.29) is 5.82 Å². The zero-order valence-electron chi connectivity index (χ0n) is 13.9. The molecule has 9 nitrogen and oxygen atoms in total. The molecular weight excluding hydrogens is 338 g/mol. The standard InChI is InChI=1S/C15H21N9S/c16-10-11-12(21-22-13(11)17)2-1-3-19-14(18)23-5-7-24(8-6-23)15-20-4-9-25-15/h4,9H,1-3,5-8H2,(H2,18,19)(H3,17,21,22). The van der Waals surface area contributed by atoms with Gasteiger partial charge in [0, 0.05) is 44.3 Å². The fourth-order valence-electron chi connectivity index (χ4n) is 2.75. The van der Waals surface area contributed by atoms with Crippen molar-refractivity contribution in [3.8, 4) is 6.07 Å². The Balaban J connectivity index is 1.44. The first-order valence-electron chi connectivity index (χ1n) is 8.11. The van der Waals surface area contributed by atoms with Gasteiger partial charge in [0.15, 0.2) is 16.9 Å². The highest BCUT2D eigenvalue weighted by Gasteiger charge is 2.19. The minimum Gasteiger partial charge on any atom is -0.381 e. The molecule has 0 spiro atoms.